The number of nitrogens with one attached hydrogen (secondary N) is 1. The minimum absolute atomic E-state index is 0.134. The van der Waals surface area contributed by atoms with Crippen molar-refractivity contribution in [3.63, 3.8) is 0 Å². The molecular weight excluding hydrogens is 384 g/mol. The molecule has 1 fully saturated rings. The number of hydrogen-bond acceptors (Lipinski definition) is 4. The minimum atomic E-state index is -0.360. The third kappa shape index (κ3) is 5.88. The van der Waals surface area contributed by atoms with E-state index in [4.69, 9.17) is 0 Å². The average Bonchev–Trinajstić information content (AvgIpc) is 2.79. The van der Waals surface area contributed by atoms with Crippen molar-refractivity contribution in [3.05, 3.63) is 70.9 Å². The number of amides is 1. The monoisotopic (exact) mass is 416 g/mol. The molecular formula is C26H32N4O. The van der Waals surface area contributed by atoms with E-state index in [1.807, 2.05) is 24.3 Å². The quantitative estimate of drug-likeness (QED) is 0.520. The van der Waals surface area contributed by atoms with E-state index in [-0.39, 0.29) is 11.5 Å². The molecule has 1 heterocycles. The number of carbonyl (C=O) groups is 1. The summed E-state index contributed by atoms with van der Waals surface area (Å²) in [5.74, 6) is -0.360. The smallest absolute Gasteiger partial charge is 0.267 e. The van der Waals surface area contributed by atoms with Gasteiger partial charge in [0, 0.05) is 43.8 Å². The number of anilines is 2. The maximum absolute atomic E-state index is 12.6. The van der Waals surface area contributed by atoms with E-state index in [9.17, 15) is 10.1 Å². The molecule has 5 heteroatoms. The van der Waals surface area contributed by atoms with Crippen LogP contribution in [-0.4, -0.2) is 37.0 Å². The van der Waals surface area contributed by atoms with E-state index < -0.39 is 0 Å². The number of nitrogens with zero attached hydrogens (tertiary/aromatic N) is 3. The van der Waals surface area contributed by atoms with Crippen LogP contribution in [0.4, 0.5) is 11.4 Å². The highest BCUT2D eigenvalue weighted by Gasteiger charge is 2.19. The predicted octanol–water partition coefficient (Wildman–Crippen LogP) is 4.81. The molecule has 1 aliphatic rings. The van der Waals surface area contributed by atoms with Crippen LogP contribution in [0.2, 0.25) is 0 Å². The van der Waals surface area contributed by atoms with Gasteiger partial charge in [0.25, 0.3) is 5.91 Å². The second kappa shape index (κ2) is 10.7. The summed E-state index contributed by atoms with van der Waals surface area (Å²) in [6.07, 6.45) is 5.06. The average molecular weight is 417 g/mol. The van der Waals surface area contributed by atoms with Crippen molar-refractivity contribution in [2.75, 3.05) is 36.4 Å². The molecule has 2 aromatic carbocycles. The minimum Gasteiger partial charge on any atom is -0.373 e. The fourth-order valence-electron chi connectivity index (χ4n) is 3.83. The van der Waals surface area contributed by atoms with Gasteiger partial charge >= 0.3 is 0 Å². The summed E-state index contributed by atoms with van der Waals surface area (Å²) in [5, 5.41) is 12.4. The number of piperazine rings is 1. The zero-order valence-corrected chi connectivity index (χ0v) is 18.8. The highest BCUT2D eigenvalue weighted by atomic mass is 16.1. The molecule has 3 rings (SSSR count). The molecule has 0 saturated carbocycles. The molecule has 1 N–H and O–H groups in total. The van der Waals surface area contributed by atoms with E-state index >= 15 is 0 Å². The van der Waals surface area contributed by atoms with Crippen LogP contribution >= 0.6 is 0 Å². The predicted molar refractivity (Wildman–Crippen MR) is 127 cm³/mol. The van der Waals surface area contributed by atoms with Gasteiger partial charge in [-0.1, -0.05) is 37.6 Å². The van der Waals surface area contributed by atoms with E-state index in [1.165, 1.54) is 22.4 Å². The molecule has 0 radical (unpaired) electrons. The Bertz CT molecular complexity index is 964. The summed E-state index contributed by atoms with van der Waals surface area (Å²) in [6.45, 7) is 9.74. The molecule has 162 valence electrons. The van der Waals surface area contributed by atoms with Crippen molar-refractivity contribution < 1.29 is 4.79 Å². The van der Waals surface area contributed by atoms with Gasteiger partial charge in [-0.05, 0) is 61.6 Å². The van der Waals surface area contributed by atoms with Gasteiger partial charge in [0.2, 0.25) is 0 Å². The van der Waals surface area contributed by atoms with Crippen molar-refractivity contribution in [1.82, 2.24) is 4.90 Å². The van der Waals surface area contributed by atoms with Gasteiger partial charge in [0.15, 0.2) is 0 Å². The number of unbranched alkanes of at least 4 members (excludes halogenated alkanes) is 1. The van der Waals surface area contributed by atoms with Gasteiger partial charge in [-0.3, -0.25) is 4.79 Å². The molecule has 0 atom stereocenters. The van der Waals surface area contributed by atoms with Crippen molar-refractivity contribution in [2.24, 2.45) is 0 Å². The third-order valence-corrected chi connectivity index (χ3v) is 5.94. The number of benzene rings is 2. The van der Waals surface area contributed by atoms with Crippen LogP contribution in [0.25, 0.3) is 0 Å². The first-order chi connectivity index (χ1) is 15.0. The second-order valence-electron chi connectivity index (χ2n) is 8.15. The van der Waals surface area contributed by atoms with Crippen LogP contribution in [0.1, 0.15) is 36.5 Å². The van der Waals surface area contributed by atoms with Gasteiger partial charge in [0.05, 0.1) is 0 Å². The largest absolute Gasteiger partial charge is 0.373 e. The Morgan fingerprint density at radius 3 is 2.45 bits per heavy atom. The van der Waals surface area contributed by atoms with E-state index in [0.29, 0.717) is 5.69 Å². The van der Waals surface area contributed by atoms with Crippen LogP contribution in [0, 0.1) is 25.2 Å². The first-order valence-corrected chi connectivity index (χ1v) is 11.1. The molecule has 1 aliphatic heterocycles. The zero-order chi connectivity index (χ0) is 22.2. The molecule has 0 aromatic heterocycles. The highest BCUT2D eigenvalue weighted by molar-refractivity contribution is 6.06. The van der Waals surface area contributed by atoms with Crippen LogP contribution in [0.15, 0.2) is 54.2 Å². The van der Waals surface area contributed by atoms with Gasteiger partial charge in [-0.25, -0.2) is 0 Å². The molecule has 5 nitrogen and oxygen atoms in total. The Balaban J connectivity index is 1.58. The summed E-state index contributed by atoms with van der Waals surface area (Å²) >= 11 is 0. The zero-order valence-electron chi connectivity index (χ0n) is 18.8. The molecule has 1 saturated heterocycles. The number of aryl methyl sites for hydroxylation is 2. The van der Waals surface area contributed by atoms with Crippen molar-refractivity contribution in [1.29, 1.82) is 5.26 Å². The number of carbonyl (C=O) groups excluding carboxylic acids is 1. The van der Waals surface area contributed by atoms with Gasteiger partial charge < -0.3 is 15.1 Å². The Hall–Kier alpha value is -3.26. The summed E-state index contributed by atoms with van der Waals surface area (Å²) in [7, 11) is 0. The first-order valence-electron chi connectivity index (χ1n) is 11.1. The number of hydrogen-bond donors (Lipinski definition) is 1. The lowest BCUT2D eigenvalue weighted by molar-refractivity contribution is -0.112. The van der Waals surface area contributed by atoms with Crippen LogP contribution in [0.5, 0.6) is 0 Å². The Morgan fingerprint density at radius 1 is 1.10 bits per heavy atom. The van der Waals surface area contributed by atoms with E-state index in [2.05, 4.69) is 60.2 Å². The fourth-order valence-corrected chi connectivity index (χ4v) is 3.83. The number of rotatable bonds is 7. The van der Waals surface area contributed by atoms with Crippen molar-refractivity contribution in [2.45, 2.75) is 40.0 Å². The van der Waals surface area contributed by atoms with Crippen LogP contribution in [0.3, 0.4) is 0 Å². The van der Waals surface area contributed by atoms with Gasteiger partial charge in [0.1, 0.15) is 11.6 Å². The third-order valence-electron chi connectivity index (χ3n) is 5.94. The lowest BCUT2D eigenvalue weighted by atomic mass is 10.1. The van der Waals surface area contributed by atoms with Crippen molar-refractivity contribution >= 4 is 17.3 Å². The number of nitriles is 1. The SMILES string of the molecule is CCCCc1ccc(NC(=O)/C(C#N)=C\N2CCN(c3cccc(C)c3C)CC2)cc1. The first kappa shape index (κ1) is 22.4. The van der Waals surface area contributed by atoms with E-state index in [0.717, 1.165) is 45.4 Å². The Kier molecular flexibility index (Phi) is 7.72. The maximum Gasteiger partial charge on any atom is 0.267 e. The lowest BCUT2D eigenvalue weighted by Crippen LogP contribution is -2.44. The van der Waals surface area contributed by atoms with Crippen LogP contribution < -0.4 is 10.2 Å². The molecule has 31 heavy (non-hydrogen) atoms. The summed E-state index contributed by atoms with van der Waals surface area (Å²) in [5.41, 5.74) is 5.98. The maximum atomic E-state index is 12.6. The highest BCUT2D eigenvalue weighted by Crippen LogP contribution is 2.24. The van der Waals surface area contributed by atoms with Crippen LogP contribution in [-0.2, 0) is 11.2 Å². The molecule has 2 aromatic rings. The standard InChI is InChI=1S/C26H32N4O/c1-4-5-8-22-10-12-24(13-11-22)28-26(31)23(18-27)19-29-14-16-30(17-15-29)25-9-6-7-20(2)21(25)3/h6-7,9-13,19H,4-5,8,14-17H2,1-3H3,(H,28,31)/b23-19-. The van der Waals surface area contributed by atoms with E-state index in [1.54, 1.807) is 6.20 Å². The molecule has 1 amide bonds. The topological polar surface area (TPSA) is 59.4 Å². The Labute approximate surface area is 186 Å². The second-order valence-corrected chi connectivity index (χ2v) is 8.15. The summed E-state index contributed by atoms with van der Waals surface area (Å²) in [6, 6.07) is 16.3. The molecule has 0 aliphatic carbocycles. The lowest BCUT2D eigenvalue weighted by Gasteiger charge is -2.36. The summed E-state index contributed by atoms with van der Waals surface area (Å²) < 4.78 is 0. The molecule has 0 unspecified atom stereocenters. The van der Waals surface area contributed by atoms with Gasteiger partial charge in [-0.2, -0.15) is 5.26 Å². The van der Waals surface area contributed by atoms with Gasteiger partial charge in [-0.15, -0.1) is 0 Å². The molecule has 0 spiro atoms. The van der Waals surface area contributed by atoms with Crippen molar-refractivity contribution in [3.8, 4) is 6.07 Å². The Morgan fingerprint density at radius 2 is 1.81 bits per heavy atom. The summed E-state index contributed by atoms with van der Waals surface area (Å²) in [4.78, 5) is 17.0. The normalized spacial score (nSPS) is 14.3. The fraction of sp³-hybridized carbons (Fsp3) is 0.385. The molecule has 0 bridgehead atoms.